The Morgan fingerprint density at radius 1 is 1.32 bits per heavy atom. The summed E-state index contributed by atoms with van der Waals surface area (Å²) in [6.07, 6.45) is 4.18. The fraction of sp³-hybridized carbons (Fsp3) is 0.667. The molecule has 1 aromatic rings. The quantitative estimate of drug-likeness (QED) is 0.650. The lowest BCUT2D eigenvalue weighted by Gasteiger charge is -2.37. The Morgan fingerprint density at radius 3 is 2.71 bits per heavy atom. The molecule has 1 aromatic carbocycles. The summed E-state index contributed by atoms with van der Waals surface area (Å²) in [6, 6.07) is 4.58. The largest absolute Gasteiger partial charge is 0.487 e. The van der Waals surface area contributed by atoms with Crippen molar-refractivity contribution in [1.29, 1.82) is 0 Å². The van der Waals surface area contributed by atoms with Crippen LogP contribution in [0.1, 0.15) is 52.0 Å². The summed E-state index contributed by atoms with van der Waals surface area (Å²) in [5, 5.41) is 9.73. The van der Waals surface area contributed by atoms with Gasteiger partial charge in [0, 0.05) is 43.6 Å². The number of nitrogens with zero attached hydrogens (tertiary/aromatic N) is 2. The number of hydrogen-bond donors (Lipinski definition) is 1. The third-order valence-electron chi connectivity index (χ3n) is 6.03. The molecule has 1 aliphatic heterocycles. The Kier molecular flexibility index (Phi) is 8.03. The van der Waals surface area contributed by atoms with Crippen LogP contribution < -0.4 is 4.74 Å². The Hall–Kier alpha value is -1.59. The molecule has 1 N–H and O–H groups in total. The highest BCUT2D eigenvalue weighted by Crippen LogP contribution is 2.35. The summed E-state index contributed by atoms with van der Waals surface area (Å²) < 4.78 is 34.7. The highest BCUT2D eigenvalue weighted by molar-refractivity contribution is 7.89. The standard InChI is InChI=1S/C24H36N2O4S/c1-5-6-7-8-20-11-12-24-22(13-20)30-23(16-25(4)15-21-9-10-21)18(2)14-26(19(3)17-27)31(24,28)29/h11-13,18-19,21,23,27H,5-6,9-10,14-17H2,1-4H3/t18-,19-,23-/m1/s1. The van der Waals surface area contributed by atoms with Gasteiger partial charge in [-0.1, -0.05) is 25.7 Å². The summed E-state index contributed by atoms with van der Waals surface area (Å²) >= 11 is 0. The van der Waals surface area contributed by atoms with E-state index in [1.807, 2.05) is 6.92 Å². The van der Waals surface area contributed by atoms with Gasteiger partial charge in [-0.2, -0.15) is 4.31 Å². The monoisotopic (exact) mass is 448 g/mol. The smallest absolute Gasteiger partial charge is 0.247 e. The molecule has 7 heteroatoms. The van der Waals surface area contributed by atoms with Crippen LogP contribution in [0.4, 0.5) is 0 Å². The lowest BCUT2D eigenvalue weighted by molar-refractivity contribution is 0.0740. The predicted octanol–water partition coefficient (Wildman–Crippen LogP) is 2.95. The molecule has 1 aliphatic carbocycles. The van der Waals surface area contributed by atoms with Gasteiger partial charge in [-0.15, -0.1) is 0 Å². The molecule has 0 bridgehead atoms. The van der Waals surface area contributed by atoms with Crippen LogP contribution in [0, 0.1) is 23.7 Å². The maximum absolute atomic E-state index is 13.5. The molecule has 1 heterocycles. The minimum Gasteiger partial charge on any atom is -0.487 e. The molecule has 6 nitrogen and oxygen atoms in total. The molecule has 172 valence electrons. The highest BCUT2D eigenvalue weighted by atomic mass is 32.2. The van der Waals surface area contributed by atoms with Crippen molar-refractivity contribution in [3.05, 3.63) is 23.8 Å². The number of benzene rings is 1. The van der Waals surface area contributed by atoms with Crippen molar-refractivity contribution in [3.63, 3.8) is 0 Å². The molecule has 1 saturated carbocycles. The van der Waals surface area contributed by atoms with Gasteiger partial charge in [0.25, 0.3) is 0 Å². The molecule has 0 amide bonds. The van der Waals surface area contributed by atoms with Crippen LogP contribution in [0.5, 0.6) is 5.75 Å². The lowest BCUT2D eigenvalue weighted by Crippen LogP contribution is -2.49. The second kappa shape index (κ2) is 10.4. The minimum absolute atomic E-state index is 0.0339. The molecule has 3 atom stereocenters. The van der Waals surface area contributed by atoms with E-state index in [0.29, 0.717) is 12.3 Å². The molecule has 31 heavy (non-hydrogen) atoms. The third-order valence-corrected chi connectivity index (χ3v) is 8.05. The minimum atomic E-state index is -3.80. The van der Waals surface area contributed by atoms with Gasteiger partial charge in [-0.05, 0) is 57.4 Å². The van der Waals surface area contributed by atoms with Crippen LogP contribution >= 0.6 is 0 Å². The van der Waals surface area contributed by atoms with E-state index in [1.165, 1.54) is 17.1 Å². The molecule has 0 radical (unpaired) electrons. The summed E-state index contributed by atoms with van der Waals surface area (Å²) in [6.45, 7) is 7.69. The molecule has 1 fully saturated rings. The van der Waals surface area contributed by atoms with E-state index in [1.54, 1.807) is 25.1 Å². The second-order valence-corrected chi connectivity index (χ2v) is 11.0. The predicted molar refractivity (Wildman–Crippen MR) is 122 cm³/mol. The number of sulfonamides is 1. The zero-order chi connectivity index (χ0) is 22.6. The number of aliphatic hydroxyl groups is 1. The Bertz CT molecular complexity index is 917. The van der Waals surface area contributed by atoms with Crippen LogP contribution in [0.15, 0.2) is 23.1 Å². The van der Waals surface area contributed by atoms with E-state index in [4.69, 9.17) is 4.74 Å². The average molecular weight is 449 g/mol. The fourth-order valence-corrected chi connectivity index (χ4v) is 5.76. The lowest BCUT2D eigenvalue weighted by atomic mass is 10.0. The Balaban J connectivity index is 1.98. The SMILES string of the molecule is CCCC#Cc1ccc2c(c1)O[C@H](CN(C)CC1CC1)[C@H](C)CN([C@H](C)CO)S2(=O)=O. The van der Waals surface area contributed by atoms with Crippen molar-refractivity contribution in [2.75, 3.05) is 33.3 Å². The third kappa shape index (κ3) is 6.01. The zero-order valence-electron chi connectivity index (χ0n) is 19.2. The summed E-state index contributed by atoms with van der Waals surface area (Å²) in [4.78, 5) is 2.44. The number of ether oxygens (including phenoxy) is 1. The summed E-state index contributed by atoms with van der Waals surface area (Å²) in [7, 11) is -1.70. The van der Waals surface area contributed by atoms with E-state index in [-0.39, 0.29) is 23.5 Å². The summed E-state index contributed by atoms with van der Waals surface area (Å²) in [5.41, 5.74) is 0.752. The number of unbranched alkanes of at least 4 members (excludes halogenated alkanes) is 1. The fourth-order valence-electron chi connectivity index (χ4n) is 3.93. The number of fused-ring (bicyclic) bond motifs is 1. The average Bonchev–Trinajstić information content (AvgIpc) is 3.54. The topological polar surface area (TPSA) is 70.1 Å². The van der Waals surface area contributed by atoms with Crippen LogP contribution in [0.25, 0.3) is 0 Å². The maximum Gasteiger partial charge on any atom is 0.247 e. The van der Waals surface area contributed by atoms with Gasteiger partial charge >= 0.3 is 0 Å². The number of rotatable bonds is 7. The maximum atomic E-state index is 13.5. The first-order valence-corrected chi connectivity index (χ1v) is 12.8. The van der Waals surface area contributed by atoms with Crippen LogP contribution in [-0.4, -0.2) is 68.2 Å². The van der Waals surface area contributed by atoms with E-state index in [2.05, 4.69) is 30.7 Å². The first-order chi connectivity index (χ1) is 14.8. The van der Waals surface area contributed by atoms with Crippen LogP contribution in [-0.2, 0) is 10.0 Å². The zero-order valence-corrected chi connectivity index (χ0v) is 20.0. The van der Waals surface area contributed by atoms with E-state index < -0.39 is 16.1 Å². The molecule has 0 spiro atoms. The van der Waals surface area contributed by atoms with Gasteiger partial charge in [-0.25, -0.2) is 8.42 Å². The Labute approximate surface area is 187 Å². The number of aliphatic hydroxyl groups excluding tert-OH is 1. The van der Waals surface area contributed by atoms with Crippen molar-refractivity contribution in [2.45, 2.75) is 63.5 Å². The van der Waals surface area contributed by atoms with Gasteiger partial charge < -0.3 is 14.7 Å². The van der Waals surface area contributed by atoms with Crippen molar-refractivity contribution >= 4 is 10.0 Å². The normalized spacial score (nSPS) is 24.3. The van der Waals surface area contributed by atoms with E-state index in [0.717, 1.165) is 37.4 Å². The van der Waals surface area contributed by atoms with E-state index >= 15 is 0 Å². The molecule has 0 saturated heterocycles. The van der Waals surface area contributed by atoms with Gasteiger partial charge in [0.1, 0.15) is 16.7 Å². The van der Waals surface area contributed by atoms with Crippen LogP contribution in [0.2, 0.25) is 0 Å². The van der Waals surface area contributed by atoms with Crippen molar-refractivity contribution < 1.29 is 18.3 Å². The molecule has 0 aromatic heterocycles. The molecular weight excluding hydrogens is 412 g/mol. The summed E-state index contributed by atoms with van der Waals surface area (Å²) in [5.74, 6) is 7.33. The molecule has 0 unspecified atom stereocenters. The number of likely N-dealkylation sites (N-methyl/N-ethyl adjacent to an activating group) is 1. The first-order valence-electron chi connectivity index (χ1n) is 11.4. The number of hydrogen-bond acceptors (Lipinski definition) is 5. The van der Waals surface area contributed by atoms with Gasteiger partial charge in [0.05, 0.1) is 6.61 Å². The van der Waals surface area contributed by atoms with Crippen molar-refractivity contribution in [1.82, 2.24) is 9.21 Å². The van der Waals surface area contributed by atoms with Crippen molar-refractivity contribution in [3.8, 4) is 17.6 Å². The second-order valence-electron chi connectivity index (χ2n) is 9.12. The molecule has 2 aliphatic rings. The molecule has 3 rings (SSSR count). The van der Waals surface area contributed by atoms with Crippen molar-refractivity contribution in [2.24, 2.45) is 11.8 Å². The molecular formula is C24H36N2O4S. The van der Waals surface area contributed by atoms with Gasteiger partial charge in [-0.3, -0.25) is 0 Å². The van der Waals surface area contributed by atoms with Gasteiger partial charge in [0.15, 0.2) is 0 Å². The highest BCUT2D eigenvalue weighted by Gasteiger charge is 2.38. The van der Waals surface area contributed by atoms with Gasteiger partial charge in [0.2, 0.25) is 10.0 Å². The Morgan fingerprint density at radius 2 is 2.06 bits per heavy atom. The van der Waals surface area contributed by atoms with E-state index in [9.17, 15) is 13.5 Å². The first kappa shape index (κ1) is 24.1. The van der Waals surface area contributed by atoms with Crippen LogP contribution in [0.3, 0.4) is 0 Å².